The summed E-state index contributed by atoms with van der Waals surface area (Å²) in [6.45, 7) is 2.11. The van der Waals surface area contributed by atoms with E-state index in [0.717, 1.165) is 34.6 Å². The summed E-state index contributed by atoms with van der Waals surface area (Å²) in [6.07, 6.45) is 7.34. The first kappa shape index (κ1) is 21.0. The third-order valence-electron chi connectivity index (χ3n) is 5.42. The Morgan fingerprint density at radius 2 is 1.97 bits per heavy atom. The molecule has 0 unspecified atom stereocenters. The predicted molar refractivity (Wildman–Crippen MR) is 123 cm³/mol. The van der Waals surface area contributed by atoms with E-state index in [-0.39, 0.29) is 5.82 Å². The van der Waals surface area contributed by atoms with Crippen LogP contribution in [0.2, 0.25) is 0 Å². The molecule has 0 fully saturated rings. The molecule has 0 aliphatic carbocycles. The van der Waals surface area contributed by atoms with Crippen LogP contribution in [-0.2, 0) is 18.3 Å². The van der Waals surface area contributed by atoms with E-state index < -0.39 is 0 Å². The highest BCUT2D eigenvalue weighted by Crippen LogP contribution is 2.38. The number of hydrogen-bond acceptors (Lipinski definition) is 6. The molecule has 8 nitrogen and oxygen atoms in total. The fourth-order valence-electron chi connectivity index (χ4n) is 3.81. The van der Waals surface area contributed by atoms with Crippen molar-refractivity contribution in [2.45, 2.75) is 6.54 Å². The fourth-order valence-corrected chi connectivity index (χ4v) is 3.81. The van der Waals surface area contributed by atoms with Gasteiger partial charge in [-0.1, -0.05) is 0 Å². The number of benzene rings is 1. The lowest BCUT2D eigenvalue weighted by atomic mass is 9.99. The van der Waals surface area contributed by atoms with Gasteiger partial charge >= 0.3 is 0 Å². The first-order valence-electron chi connectivity index (χ1n) is 10.6. The predicted octanol–water partition coefficient (Wildman–Crippen LogP) is 3.61. The zero-order valence-electron chi connectivity index (χ0n) is 18.4. The van der Waals surface area contributed by atoms with Gasteiger partial charge in [-0.25, -0.2) is 4.39 Å². The lowest BCUT2D eigenvalue weighted by Gasteiger charge is -2.14. The van der Waals surface area contributed by atoms with Crippen LogP contribution in [0.15, 0.2) is 53.9 Å². The minimum absolute atomic E-state index is 0.297. The number of rotatable bonds is 7. The Bertz CT molecular complexity index is 1330. The van der Waals surface area contributed by atoms with E-state index in [1.54, 1.807) is 30.3 Å². The van der Waals surface area contributed by atoms with Gasteiger partial charge in [-0.15, -0.1) is 0 Å². The molecule has 0 bridgehead atoms. The Morgan fingerprint density at radius 1 is 1.06 bits per heavy atom. The number of aliphatic imine (C=N–C) groups is 1. The van der Waals surface area contributed by atoms with Crippen LogP contribution >= 0.6 is 0 Å². The second-order valence-electron chi connectivity index (χ2n) is 7.72. The summed E-state index contributed by atoms with van der Waals surface area (Å²) < 4.78 is 28.7. The molecule has 1 aliphatic rings. The van der Waals surface area contributed by atoms with Crippen LogP contribution in [0.3, 0.4) is 0 Å². The normalized spacial score (nSPS) is 12.7. The molecule has 1 aliphatic heterocycles. The molecular formula is C24H23FN6O2. The second kappa shape index (κ2) is 8.95. The van der Waals surface area contributed by atoms with Crippen LogP contribution in [-0.4, -0.2) is 57.6 Å². The Kier molecular flexibility index (Phi) is 5.70. The van der Waals surface area contributed by atoms with Crippen LogP contribution in [0.25, 0.3) is 33.6 Å². The van der Waals surface area contributed by atoms with Crippen molar-refractivity contribution in [1.82, 2.24) is 24.5 Å². The molecule has 0 N–H and O–H groups in total. The summed E-state index contributed by atoms with van der Waals surface area (Å²) in [6, 6.07) is 8.49. The van der Waals surface area contributed by atoms with E-state index in [2.05, 4.69) is 10.1 Å². The molecular weight excluding hydrogens is 423 g/mol. The number of aryl methyl sites for hydroxylation is 1. The molecule has 1 aromatic carbocycles. The fraction of sp³-hybridized carbons (Fsp3) is 0.250. The Balaban J connectivity index is 1.66. The molecule has 4 heterocycles. The van der Waals surface area contributed by atoms with Crippen molar-refractivity contribution in [1.29, 1.82) is 0 Å². The molecule has 0 spiro atoms. The molecule has 168 valence electrons. The Labute approximate surface area is 190 Å². The number of aromatic nitrogens is 5. The highest BCUT2D eigenvalue weighted by Gasteiger charge is 2.20. The van der Waals surface area contributed by atoms with Gasteiger partial charge in [-0.2, -0.15) is 10.2 Å². The maximum Gasteiger partial charge on any atom is 0.131 e. The van der Waals surface area contributed by atoms with Crippen molar-refractivity contribution in [3.63, 3.8) is 0 Å². The van der Waals surface area contributed by atoms with Crippen LogP contribution < -0.4 is 4.74 Å². The largest absolute Gasteiger partial charge is 0.490 e. The van der Waals surface area contributed by atoms with Crippen molar-refractivity contribution in [3.05, 3.63) is 60.4 Å². The standard InChI is InChI=1S/C24H23FN6O2/c1-30-15-17(13-28-30)16-9-21(22-11-19-14-26-5-6-31(19)29-22)24(27-12-16)20-4-3-18(25)10-23(20)33-8-7-32-2/h3-4,9-15H,5-8H2,1-2H3. The van der Waals surface area contributed by atoms with Crippen LogP contribution in [0, 0.1) is 5.82 Å². The summed E-state index contributed by atoms with van der Waals surface area (Å²) in [5.41, 5.74) is 5.70. The van der Waals surface area contributed by atoms with E-state index in [0.29, 0.717) is 36.8 Å². The number of hydrogen-bond donors (Lipinski definition) is 0. The van der Waals surface area contributed by atoms with Crippen LogP contribution in [0.4, 0.5) is 4.39 Å². The molecule has 33 heavy (non-hydrogen) atoms. The molecule has 3 aromatic heterocycles. The minimum Gasteiger partial charge on any atom is -0.490 e. The van der Waals surface area contributed by atoms with E-state index >= 15 is 0 Å². The van der Waals surface area contributed by atoms with Gasteiger partial charge in [0.25, 0.3) is 0 Å². The number of pyridine rings is 1. The van der Waals surface area contributed by atoms with Crippen LogP contribution in [0.5, 0.6) is 5.75 Å². The molecule has 0 radical (unpaired) electrons. The molecule has 0 saturated carbocycles. The van der Waals surface area contributed by atoms with Crippen molar-refractivity contribution >= 4 is 6.21 Å². The topological polar surface area (TPSA) is 79.4 Å². The first-order chi connectivity index (χ1) is 16.1. The molecule has 0 amide bonds. The smallest absolute Gasteiger partial charge is 0.131 e. The average Bonchev–Trinajstić information content (AvgIpc) is 3.45. The SMILES string of the molecule is COCCOc1cc(F)ccc1-c1ncc(-c2cnn(C)c2)cc1-c1cc2n(n1)CCN=C2. The lowest BCUT2D eigenvalue weighted by molar-refractivity contribution is 0.146. The van der Waals surface area contributed by atoms with Gasteiger partial charge in [-0.05, 0) is 24.3 Å². The third-order valence-corrected chi connectivity index (χ3v) is 5.42. The first-order valence-corrected chi connectivity index (χ1v) is 10.6. The van der Waals surface area contributed by atoms with Gasteiger partial charge in [0.1, 0.15) is 18.2 Å². The third kappa shape index (κ3) is 4.27. The number of methoxy groups -OCH3 is 1. The summed E-state index contributed by atoms with van der Waals surface area (Å²) in [4.78, 5) is 9.14. The second-order valence-corrected chi connectivity index (χ2v) is 7.72. The van der Waals surface area contributed by atoms with Crippen LogP contribution in [0.1, 0.15) is 5.69 Å². The molecule has 4 aromatic rings. The molecule has 5 rings (SSSR count). The summed E-state index contributed by atoms with van der Waals surface area (Å²) in [5.74, 6) is 0.0221. The van der Waals surface area contributed by atoms with Crippen molar-refractivity contribution in [2.24, 2.45) is 12.0 Å². The van der Waals surface area contributed by atoms with E-state index in [1.165, 1.54) is 12.1 Å². The molecule has 0 saturated heterocycles. The number of ether oxygens (including phenoxy) is 2. The van der Waals surface area contributed by atoms with E-state index in [9.17, 15) is 4.39 Å². The zero-order chi connectivity index (χ0) is 22.8. The number of fused-ring (bicyclic) bond motifs is 1. The number of nitrogens with zero attached hydrogens (tertiary/aromatic N) is 6. The molecule has 9 heteroatoms. The highest BCUT2D eigenvalue weighted by molar-refractivity contribution is 5.87. The van der Waals surface area contributed by atoms with Gasteiger partial charge in [0.05, 0.1) is 43.0 Å². The number of halogens is 1. The minimum atomic E-state index is -0.381. The quantitative estimate of drug-likeness (QED) is 0.405. The summed E-state index contributed by atoms with van der Waals surface area (Å²) >= 11 is 0. The van der Waals surface area contributed by atoms with Gasteiger partial charge in [0, 0.05) is 61.1 Å². The maximum absolute atomic E-state index is 14.1. The van der Waals surface area contributed by atoms with Gasteiger partial charge < -0.3 is 9.47 Å². The Morgan fingerprint density at radius 3 is 2.76 bits per heavy atom. The van der Waals surface area contributed by atoms with Gasteiger partial charge in [0.2, 0.25) is 0 Å². The van der Waals surface area contributed by atoms with Crippen molar-refractivity contribution in [3.8, 4) is 39.4 Å². The van der Waals surface area contributed by atoms with Crippen molar-refractivity contribution in [2.75, 3.05) is 26.9 Å². The van der Waals surface area contributed by atoms with Gasteiger partial charge in [-0.3, -0.25) is 19.3 Å². The highest BCUT2D eigenvalue weighted by atomic mass is 19.1. The zero-order valence-corrected chi connectivity index (χ0v) is 18.4. The van der Waals surface area contributed by atoms with E-state index in [1.807, 2.05) is 36.3 Å². The molecule has 0 atom stereocenters. The maximum atomic E-state index is 14.1. The van der Waals surface area contributed by atoms with E-state index in [4.69, 9.17) is 19.6 Å². The van der Waals surface area contributed by atoms with Gasteiger partial charge in [0.15, 0.2) is 0 Å². The van der Waals surface area contributed by atoms with Crippen molar-refractivity contribution < 1.29 is 13.9 Å². The average molecular weight is 446 g/mol. The monoisotopic (exact) mass is 446 g/mol. The Hall–Kier alpha value is -3.85. The lowest BCUT2D eigenvalue weighted by Crippen LogP contribution is -2.11. The summed E-state index contributed by atoms with van der Waals surface area (Å²) in [5, 5.41) is 9.07. The summed E-state index contributed by atoms with van der Waals surface area (Å²) in [7, 11) is 3.47.